The van der Waals surface area contributed by atoms with Gasteiger partial charge in [-0.05, 0) is 29.8 Å². The van der Waals surface area contributed by atoms with Crippen LogP contribution in [0.2, 0.25) is 0 Å². The van der Waals surface area contributed by atoms with Crippen molar-refractivity contribution in [3.05, 3.63) is 53.6 Å². The quantitative estimate of drug-likeness (QED) is 0.483. The third-order valence-corrected chi connectivity index (χ3v) is 3.44. The molecule has 0 heterocycles. The number of halogens is 9. The Balaban J connectivity index is 2.36. The summed E-state index contributed by atoms with van der Waals surface area (Å²) in [4.78, 5) is 0. The Bertz CT molecular complexity index is 778. The minimum Gasteiger partial charge on any atom is -0.457 e. The fourth-order valence-corrected chi connectivity index (χ4v) is 2.36. The van der Waals surface area contributed by atoms with Gasteiger partial charge in [0.25, 0.3) is 0 Å². The Morgan fingerprint density at radius 3 is 1.70 bits per heavy atom. The molecule has 11 heteroatoms. The lowest BCUT2D eigenvalue weighted by Gasteiger charge is -2.23. The van der Waals surface area contributed by atoms with Crippen LogP contribution in [0.4, 0.5) is 45.2 Å². The van der Waals surface area contributed by atoms with Gasteiger partial charge >= 0.3 is 18.5 Å². The van der Waals surface area contributed by atoms with Crippen molar-refractivity contribution < 1.29 is 44.3 Å². The lowest BCUT2D eigenvalue weighted by Crippen LogP contribution is -2.34. The van der Waals surface area contributed by atoms with Crippen molar-refractivity contribution in [1.82, 2.24) is 0 Å². The fraction of sp³-hybridized carbons (Fsp3) is 0.250. The van der Waals surface area contributed by atoms with Crippen molar-refractivity contribution >= 4 is 5.69 Å². The summed E-state index contributed by atoms with van der Waals surface area (Å²) in [5.74, 6) is -4.85. The third kappa shape index (κ3) is 4.77. The van der Waals surface area contributed by atoms with Gasteiger partial charge in [-0.3, -0.25) is 0 Å². The molecule has 0 atom stereocenters. The largest absolute Gasteiger partial charge is 0.457 e. The summed E-state index contributed by atoms with van der Waals surface area (Å²) in [5.41, 5.74) is 2.20. The van der Waals surface area contributed by atoms with E-state index in [-0.39, 0.29) is 0 Å². The molecule has 0 saturated heterocycles. The molecule has 0 fully saturated rings. The number of rotatable bonds is 3. The second-order valence-electron chi connectivity index (χ2n) is 5.41. The highest BCUT2D eigenvalue weighted by atomic mass is 19.4. The van der Waals surface area contributed by atoms with Gasteiger partial charge in [-0.2, -0.15) is 39.5 Å². The highest BCUT2D eigenvalue weighted by Gasteiger charge is 2.57. The van der Waals surface area contributed by atoms with Gasteiger partial charge in [-0.15, -0.1) is 0 Å². The molecule has 0 radical (unpaired) electrons. The molecule has 0 bridgehead atoms. The van der Waals surface area contributed by atoms with Crippen LogP contribution in [0.15, 0.2) is 42.5 Å². The number of benzene rings is 2. The molecule has 0 unspecified atom stereocenters. The second kappa shape index (κ2) is 6.86. The van der Waals surface area contributed by atoms with E-state index in [0.717, 1.165) is 18.2 Å². The van der Waals surface area contributed by atoms with Crippen LogP contribution >= 0.6 is 0 Å². The maximum absolute atomic E-state index is 13.0. The fourth-order valence-electron chi connectivity index (χ4n) is 2.36. The van der Waals surface area contributed by atoms with Crippen LogP contribution in [-0.4, -0.2) is 12.4 Å². The molecule has 2 aromatic rings. The van der Waals surface area contributed by atoms with E-state index in [9.17, 15) is 39.5 Å². The first-order valence-corrected chi connectivity index (χ1v) is 7.08. The Morgan fingerprint density at radius 2 is 1.26 bits per heavy atom. The van der Waals surface area contributed by atoms with Gasteiger partial charge in [0.15, 0.2) is 5.92 Å². The summed E-state index contributed by atoms with van der Waals surface area (Å²) in [7, 11) is 0. The molecule has 0 spiro atoms. The highest BCUT2D eigenvalue weighted by molar-refractivity contribution is 5.56. The van der Waals surface area contributed by atoms with Gasteiger partial charge < -0.3 is 10.5 Å². The van der Waals surface area contributed by atoms with E-state index >= 15 is 0 Å². The van der Waals surface area contributed by atoms with Crippen molar-refractivity contribution in [2.75, 3.05) is 5.73 Å². The van der Waals surface area contributed by atoms with E-state index in [2.05, 4.69) is 0 Å². The number of nitrogen functional groups attached to an aromatic ring is 1. The zero-order valence-electron chi connectivity index (χ0n) is 13.0. The monoisotopic (exact) mass is 403 g/mol. The maximum atomic E-state index is 13.0. The molecule has 2 rings (SSSR count). The molecule has 0 aliphatic rings. The predicted octanol–water partition coefficient (Wildman–Crippen LogP) is 6.29. The van der Waals surface area contributed by atoms with E-state index in [4.69, 9.17) is 10.5 Å². The minimum absolute atomic E-state index is 0.391. The van der Waals surface area contributed by atoms with E-state index < -0.39 is 52.8 Å². The van der Waals surface area contributed by atoms with Crippen LogP contribution in [0.3, 0.4) is 0 Å². The minimum atomic E-state index is -5.59. The van der Waals surface area contributed by atoms with E-state index in [1.54, 1.807) is 0 Å². The maximum Gasteiger partial charge on any atom is 0.421 e. The molecule has 27 heavy (non-hydrogen) atoms. The zero-order chi connectivity index (χ0) is 20.6. The average molecular weight is 403 g/mol. The standard InChI is InChI=1S/C16H10F9NO/c17-14(18,19)12-10(26)2-1-3-11(12)27-9-6-4-8(5-7-9)13(15(20,21)22)16(23,24)25/h1-7,13H,26H2. The van der Waals surface area contributed by atoms with Crippen molar-refractivity contribution in [1.29, 1.82) is 0 Å². The summed E-state index contributed by atoms with van der Waals surface area (Å²) in [6, 6.07) is 5.43. The number of nitrogens with two attached hydrogens (primary N) is 1. The number of anilines is 1. The Kier molecular flexibility index (Phi) is 5.26. The second-order valence-corrected chi connectivity index (χ2v) is 5.41. The van der Waals surface area contributed by atoms with Gasteiger partial charge in [0, 0.05) is 5.69 Å². The van der Waals surface area contributed by atoms with Crippen molar-refractivity contribution in [2.45, 2.75) is 24.4 Å². The third-order valence-electron chi connectivity index (χ3n) is 3.44. The molecule has 148 valence electrons. The summed E-state index contributed by atoms with van der Waals surface area (Å²) in [5, 5.41) is 0. The summed E-state index contributed by atoms with van der Waals surface area (Å²) >= 11 is 0. The summed E-state index contributed by atoms with van der Waals surface area (Å²) in [6.45, 7) is 0. The Labute approximate surface area is 146 Å². The zero-order valence-corrected chi connectivity index (χ0v) is 13.0. The molecule has 2 nitrogen and oxygen atoms in total. The first-order valence-electron chi connectivity index (χ1n) is 7.08. The van der Waals surface area contributed by atoms with Crippen molar-refractivity contribution in [3.8, 4) is 11.5 Å². The van der Waals surface area contributed by atoms with Crippen LogP contribution in [0.25, 0.3) is 0 Å². The number of ether oxygens (including phenoxy) is 1. The molecule has 0 aliphatic heterocycles. The average Bonchev–Trinajstić information content (AvgIpc) is 2.45. The normalized spacial score (nSPS) is 13.1. The van der Waals surface area contributed by atoms with E-state index in [1.165, 1.54) is 0 Å². The van der Waals surface area contributed by atoms with Crippen LogP contribution in [0.1, 0.15) is 17.0 Å². The van der Waals surface area contributed by atoms with Crippen LogP contribution in [-0.2, 0) is 6.18 Å². The van der Waals surface area contributed by atoms with Gasteiger partial charge in [-0.25, -0.2) is 0 Å². The first-order chi connectivity index (χ1) is 12.2. The van der Waals surface area contributed by atoms with E-state index in [0.29, 0.717) is 24.3 Å². The van der Waals surface area contributed by atoms with Gasteiger partial charge in [0.05, 0.1) is 0 Å². The Hall–Kier alpha value is -2.59. The van der Waals surface area contributed by atoms with Gasteiger partial charge in [-0.1, -0.05) is 18.2 Å². The number of alkyl halides is 9. The molecule has 0 saturated carbocycles. The molecular weight excluding hydrogens is 393 g/mol. The molecule has 2 N–H and O–H groups in total. The molecular formula is C16H10F9NO. The van der Waals surface area contributed by atoms with Crippen LogP contribution in [0.5, 0.6) is 11.5 Å². The lowest BCUT2D eigenvalue weighted by atomic mass is 9.98. The smallest absolute Gasteiger partial charge is 0.421 e. The predicted molar refractivity (Wildman–Crippen MR) is 77.2 cm³/mol. The molecule has 2 aromatic carbocycles. The SMILES string of the molecule is Nc1cccc(Oc2ccc(C(C(F)(F)F)C(F)(F)F)cc2)c1C(F)(F)F. The number of hydrogen-bond acceptors (Lipinski definition) is 2. The lowest BCUT2D eigenvalue weighted by molar-refractivity contribution is -0.253. The summed E-state index contributed by atoms with van der Waals surface area (Å²) in [6.07, 6.45) is -16.0. The molecule has 0 aromatic heterocycles. The van der Waals surface area contributed by atoms with E-state index in [1.807, 2.05) is 0 Å². The highest BCUT2D eigenvalue weighted by Crippen LogP contribution is 2.47. The van der Waals surface area contributed by atoms with Gasteiger partial charge in [0.1, 0.15) is 17.1 Å². The van der Waals surface area contributed by atoms with Crippen LogP contribution in [0, 0.1) is 0 Å². The number of hydrogen-bond donors (Lipinski definition) is 1. The molecule has 0 aliphatic carbocycles. The van der Waals surface area contributed by atoms with Crippen molar-refractivity contribution in [2.24, 2.45) is 0 Å². The molecule has 0 amide bonds. The van der Waals surface area contributed by atoms with Crippen molar-refractivity contribution in [3.63, 3.8) is 0 Å². The summed E-state index contributed by atoms with van der Waals surface area (Å²) < 4.78 is 120. The first kappa shape index (κ1) is 20.7. The Morgan fingerprint density at radius 1 is 0.741 bits per heavy atom. The van der Waals surface area contributed by atoms with Crippen LogP contribution < -0.4 is 10.5 Å². The topological polar surface area (TPSA) is 35.2 Å². The van der Waals surface area contributed by atoms with Gasteiger partial charge in [0.2, 0.25) is 0 Å².